The number of rotatable bonds is 7. The highest BCUT2D eigenvalue weighted by molar-refractivity contribution is 7.99. The quantitative estimate of drug-likeness (QED) is 0.381. The highest BCUT2D eigenvalue weighted by atomic mass is 35.5. The molecule has 0 radical (unpaired) electrons. The maximum absolute atomic E-state index is 12.8. The van der Waals surface area contributed by atoms with Gasteiger partial charge in [-0.25, -0.2) is 0 Å². The van der Waals surface area contributed by atoms with Crippen LogP contribution in [-0.2, 0) is 9.53 Å². The lowest BCUT2D eigenvalue weighted by atomic mass is 9.93. The van der Waals surface area contributed by atoms with Gasteiger partial charge in [0.05, 0.1) is 11.4 Å². The van der Waals surface area contributed by atoms with E-state index in [1.165, 1.54) is 11.8 Å². The third kappa shape index (κ3) is 5.52. The molecule has 7 atom stereocenters. The van der Waals surface area contributed by atoms with E-state index in [1.54, 1.807) is 25.5 Å². The van der Waals surface area contributed by atoms with Gasteiger partial charge in [0.1, 0.15) is 35.5 Å². The largest absolute Gasteiger partial charge is 0.388 e. The number of allylic oxidation sites excluding steroid dienone is 4. The molecule has 9 heteroatoms. The van der Waals surface area contributed by atoms with Crippen LogP contribution in [0, 0.1) is 0 Å². The smallest absolute Gasteiger partial charge is 0.268 e. The molecule has 0 aromatic carbocycles. The third-order valence-electron chi connectivity index (χ3n) is 4.77. The molecule has 2 rings (SSSR count). The molecule has 2 aliphatic rings. The molecular formula is C19H29ClN2O5S. The van der Waals surface area contributed by atoms with Gasteiger partial charge in [0.25, 0.3) is 5.91 Å². The molecule has 5 N–H and O–H groups in total. The summed E-state index contributed by atoms with van der Waals surface area (Å²) < 4.78 is 5.75. The van der Waals surface area contributed by atoms with Gasteiger partial charge in [-0.1, -0.05) is 19.4 Å². The van der Waals surface area contributed by atoms with E-state index in [0.717, 1.165) is 18.4 Å². The number of amides is 1. The topological polar surface area (TPSA) is 111 Å². The molecule has 1 amide bonds. The minimum atomic E-state index is -1.40. The van der Waals surface area contributed by atoms with Crippen LogP contribution in [0.2, 0.25) is 0 Å². The van der Waals surface area contributed by atoms with Crippen molar-refractivity contribution in [1.29, 1.82) is 0 Å². The first-order chi connectivity index (χ1) is 13.3. The van der Waals surface area contributed by atoms with Crippen molar-refractivity contribution in [2.45, 2.75) is 68.0 Å². The second-order valence-electron chi connectivity index (χ2n) is 6.90. The van der Waals surface area contributed by atoms with Gasteiger partial charge in [-0.05, 0) is 37.3 Å². The zero-order valence-corrected chi connectivity index (χ0v) is 17.8. The second kappa shape index (κ2) is 10.7. The minimum absolute atomic E-state index is 0.331. The Bertz CT molecular complexity index is 638. The van der Waals surface area contributed by atoms with Crippen LogP contribution in [0.25, 0.3) is 0 Å². The normalized spacial score (nSPS) is 32.5. The Morgan fingerprint density at radius 1 is 1.32 bits per heavy atom. The Balaban J connectivity index is 2.16. The van der Waals surface area contributed by atoms with Gasteiger partial charge in [-0.3, -0.25) is 4.79 Å². The number of alkyl halides is 1. The molecule has 0 aliphatic carbocycles. The molecule has 2 heterocycles. The molecule has 7 unspecified atom stereocenters. The van der Waals surface area contributed by atoms with Crippen LogP contribution < -0.4 is 10.6 Å². The summed E-state index contributed by atoms with van der Waals surface area (Å²) in [7, 11) is 0. The van der Waals surface area contributed by atoms with Crippen molar-refractivity contribution in [2.75, 3.05) is 6.26 Å². The molecule has 158 valence electrons. The van der Waals surface area contributed by atoms with E-state index in [2.05, 4.69) is 17.6 Å². The van der Waals surface area contributed by atoms with Crippen molar-refractivity contribution in [1.82, 2.24) is 10.6 Å². The number of thioether (sulfide) groups is 1. The van der Waals surface area contributed by atoms with E-state index in [0.29, 0.717) is 5.70 Å². The number of hydrogen-bond donors (Lipinski definition) is 5. The van der Waals surface area contributed by atoms with Crippen molar-refractivity contribution in [3.63, 3.8) is 0 Å². The summed E-state index contributed by atoms with van der Waals surface area (Å²) in [6.07, 6.45) is 5.82. The second-order valence-corrected chi connectivity index (χ2v) is 8.53. The van der Waals surface area contributed by atoms with Gasteiger partial charge in [0.15, 0.2) is 0 Å². The first kappa shape index (κ1) is 23.3. The zero-order chi connectivity index (χ0) is 20.8. The Kier molecular flexibility index (Phi) is 8.85. The SMILES string of the molecule is CCCC1=CC=C(C(=O)NC(C(C)Cl)C2OC(SC)C(O)C(O)C2O)NC=C1. The molecule has 0 spiro atoms. The van der Waals surface area contributed by atoms with Crippen molar-refractivity contribution < 1.29 is 24.9 Å². The summed E-state index contributed by atoms with van der Waals surface area (Å²) in [4.78, 5) is 12.8. The van der Waals surface area contributed by atoms with Crippen LogP contribution in [0.4, 0.5) is 0 Å². The fraction of sp³-hybridized carbons (Fsp3) is 0.632. The first-order valence-corrected chi connectivity index (χ1v) is 11.0. The van der Waals surface area contributed by atoms with Crippen LogP contribution in [0.15, 0.2) is 35.7 Å². The first-order valence-electron chi connectivity index (χ1n) is 9.31. The molecule has 2 aliphatic heterocycles. The van der Waals surface area contributed by atoms with Gasteiger partial charge in [0, 0.05) is 6.20 Å². The van der Waals surface area contributed by atoms with E-state index in [1.807, 2.05) is 12.2 Å². The number of carbonyl (C=O) groups excluding carboxylic acids is 1. The summed E-state index contributed by atoms with van der Waals surface area (Å²) in [6.45, 7) is 3.75. The highest BCUT2D eigenvalue weighted by Crippen LogP contribution is 2.30. The van der Waals surface area contributed by atoms with Gasteiger partial charge in [-0.2, -0.15) is 0 Å². The van der Waals surface area contributed by atoms with E-state index in [9.17, 15) is 20.1 Å². The summed E-state index contributed by atoms with van der Waals surface area (Å²) in [5.41, 5.74) is 0.693. The maximum Gasteiger partial charge on any atom is 0.268 e. The fourth-order valence-corrected chi connectivity index (χ4v) is 4.07. The minimum Gasteiger partial charge on any atom is -0.388 e. The Labute approximate surface area is 174 Å². The molecule has 0 aromatic rings. The molecule has 1 fully saturated rings. The van der Waals surface area contributed by atoms with Crippen LogP contribution in [-0.4, -0.2) is 68.8 Å². The number of hydrogen-bond acceptors (Lipinski definition) is 7. The number of ether oxygens (including phenoxy) is 1. The zero-order valence-electron chi connectivity index (χ0n) is 16.2. The molecule has 1 saturated heterocycles. The summed E-state index contributed by atoms with van der Waals surface area (Å²) in [5.74, 6) is -0.409. The van der Waals surface area contributed by atoms with Crippen molar-refractivity contribution >= 4 is 29.3 Å². The summed E-state index contributed by atoms with van der Waals surface area (Å²) in [5, 5.41) is 35.7. The third-order valence-corrected chi connectivity index (χ3v) is 5.90. The van der Waals surface area contributed by atoms with Gasteiger partial charge >= 0.3 is 0 Å². The Morgan fingerprint density at radius 3 is 2.64 bits per heavy atom. The van der Waals surface area contributed by atoms with Crippen LogP contribution >= 0.6 is 23.4 Å². The number of aliphatic hydroxyl groups excluding tert-OH is 3. The van der Waals surface area contributed by atoms with Crippen LogP contribution in [0.5, 0.6) is 0 Å². The molecule has 0 aromatic heterocycles. The number of aliphatic hydroxyl groups is 3. The lowest BCUT2D eigenvalue weighted by Crippen LogP contribution is -2.64. The molecule has 0 bridgehead atoms. The highest BCUT2D eigenvalue weighted by Gasteiger charge is 2.47. The van der Waals surface area contributed by atoms with E-state index in [4.69, 9.17) is 16.3 Å². The lowest BCUT2D eigenvalue weighted by molar-refractivity contribution is -0.204. The van der Waals surface area contributed by atoms with Crippen LogP contribution in [0.3, 0.4) is 0 Å². The lowest BCUT2D eigenvalue weighted by Gasteiger charge is -2.43. The fourth-order valence-electron chi connectivity index (χ4n) is 3.18. The van der Waals surface area contributed by atoms with Crippen LogP contribution in [0.1, 0.15) is 26.7 Å². The van der Waals surface area contributed by atoms with Gasteiger partial charge in [-0.15, -0.1) is 23.4 Å². The van der Waals surface area contributed by atoms with Crippen molar-refractivity contribution in [3.8, 4) is 0 Å². The molecular weight excluding hydrogens is 404 g/mol. The number of halogens is 1. The molecule has 28 heavy (non-hydrogen) atoms. The van der Waals surface area contributed by atoms with Crippen molar-refractivity contribution in [2.24, 2.45) is 0 Å². The molecule has 7 nitrogen and oxygen atoms in total. The van der Waals surface area contributed by atoms with E-state index < -0.39 is 47.2 Å². The molecule has 0 saturated carbocycles. The Morgan fingerprint density at radius 2 is 2.04 bits per heavy atom. The number of carbonyl (C=O) groups is 1. The average Bonchev–Trinajstić information content (AvgIpc) is 2.91. The standard InChI is InChI=1S/C19H29ClN2O5S/c1-4-5-11-6-7-12(21-9-8-11)18(26)22-13(10(2)20)17-15(24)14(23)16(25)19(27-17)28-3/h6-10,13-17,19,21,23-25H,4-5H2,1-3H3,(H,22,26). The predicted molar refractivity (Wildman–Crippen MR) is 111 cm³/mol. The maximum atomic E-state index is 12.8. The Hall–Kier alpha value is -1.03. The summed E-state index contributed by atoms with van der Waals surface area (Å²) in [6, 6.07) is -0.782. The van der Waals surface area contributed by atoms with E-state index >= 15 is 0 Å². The average molecular weight is 433 g/mol. The predicted octanol–water partition coefficient (Wildman–Crippen LogP) is 0.996. The van der Waals surface area contributed by atoms with Gasteiger partial charge in [0.2, 0.25) is 0 Å². The monoisotopic (exact) mass is 432 g/mol. The van der Waals surface area contributed by atoms with Crippen molar-refractivity contribution in [3.05, 3.63) is 35.7 Å². The van der Waals surface area contributed by atoms with E-state index in [-0.39, 0.29) is 0 Å². The van der Waals surface area contributed by atoms with Gasteiger partial charge < -0.3 is 30.7 Å². The summed E-state index contributed by atoms with van der Waals surface area (Å²) >= 11 is 7.48. The number of nitrogens with one attached hydrogen (secondary N) is 2.